The number of carboxylic acid groups (broad SMARTS) is 1. The highest BCUT2D eigenvalue weighted by Crippen LogP contribution is 2.52. The van der Waals surface area contributed by atoms with Gasteiger partial charge in [-0.05, 0) is 12.8 Å². The molecule has 3 fully saturated rings. The van der Waals surface area contributed by atoms with Crippen LogP contribution in [0.2, 0.25) is 0 Å². The molecule has 0 aromatic carbocycles. The summed E-state index contributed by atoms with van der Waals surface area (Å²) >= 11 is 0. The van der Waals surface area contributed by atoms with Crippen LogP contribution in [-0.4, -0.2) is 35.7 Å². The Balaban J connectivity index is 1.61. The first-order valence-electron chi connectivity index (χ1n) is 6.57. The number of ether oxygens (including phenoxy) is 1. The molecule has 1 heterocycles. The summed E-state index contributed by atoms with van der Waals surface area (Å²) in [6.45, 7) is 4.98. The number of rotatable bonds is 3. The van der Waals surface area contributed by atoms with Gasteiger partial charge in [-0.1, -0.05) is 13.8 Å². The summed E-state index contributed by atoms with van der Waals surface area (Å²) in [7, 11) is 0. The summed E-state index contributed by atoms with van der Waals surface area (Å²) in [5.74, 6) is -1.33. The zero-order valence-corrected chi connectivity index (χ0v) is 10.7. The summed E-state index contributed by atoms with van der Waals surface area (Å²) < 4.78 is 5.67. The third-order valence-corrected chi connectivity index (χ3v) is 4.84. The summed E-state index contributed by atoms with van der Waals surface area (Å²) in [5.41, 5.74) is -0.0373. The Morgan fingerprint density at radius 1 is 1.33 bits per heavy atom. The lowest BCUT2D eigenvalue weighted by Crippen LogP contribution is -2.67. The first-order chi connectivity index (χ1) is 8.43. The molecule has 0 aromatic heterocycles. The zero-order valence-electron chi connectivity index (χ0n) is 10.7. The van der Waals surface area contributed by atoms with Crippen LogP contribution in [-0.2, 0) is 14.3 Å². The molecule has 0 bridgehead atoms. The fraction of sp³-hybridized carbons (Fsp3) is 0.846. The second-order valence-electron chi connectivity index (χ2n) is 6.34. The summed E-state index contributed by atoms with van der Waals surface area (Å²) in [6.07, 6.45) is 1.72. The predicted octanol–water partition coefficient (Wildman–Crippen LogP) is 0.637. The van der Waals surface area contributed by atoms with Gasteiger partial charge in [0.05, 0.1) is 17.9 Å². The van der Waals surface area contributed by atoms with Gasteiger partial charge in [-0.15, -0.1) is 0 Å². The van der Waals surface area contributed by atoms with Crippen molar-refractivity contribution in [1.29, 1.82) is 0 Å². The lowest BCUT2D eigenvalue weighted by Gasteiger charge is -2.54. The van der Waals surface area contributed by atoms with E-state index in [1.54, 1.807) is 0 Å². The molecule has 3 aliphatic rings. The molecule has 2 saturated carbocycles. The minimum Gasteiger partial charge on any atom is -0.481 e. The largest absolute Gasteiger partial charge is 0.481 e. The highest BCUT2D eigenvalue weighted by atomic mass is 16.5. The van der Waals surface area contributed by atoms with Crippen LogP contribution in [0.5, 0.6) is 0 Å². The van der Waals surface area contributed by atoms with Crippen LogP contribution in [0.15, 0.2) is 0 Å². The topological polar surface area (TPSA) is 75.6 Å². The molecule has 0 aromatic rings. The average Bonchev–Trinajstić information content (AvgIpc) is 2.98. The third-order valence-electron chi connectivity index (χ3n) is 4.84. The number of carboxylic acids is 1. The van der Waals surface area contributed by atoms with E-state index in [0.29, 0.717) is 12.3 Å². The van der Waals surface area contributed by atoms with Gasteiger partial charge in [-0.3, -0.25) is 9.59 Å². The smallest absolute Gasteiger partial charge is 0.307 e. The standard InChI is InChI=1S/C13H19NO4/c1-13(2)9(6-3-4-18-10(6)13)14-11(15)7-5-8(7)12(16)17/h6-10H,3-5H2,1-2H3,(H,14,15)(H,16,17). The highest BCUT2D eigenvalue weighted by molar-refractivity contribution is 5.89. The zero-order chi connectivity index (χ0) is 13.1. The first kappa shape index (κ1) is 12.0. The SMILES string of the molecule is CC1(C)C(NC(=O)C2CC2C(=O)O)C2CCOC21. The molecule has 0 spiro atoms. The van der Waals surface area contributed by atoms with Gasteiger partial charge in [0.2, 0.25) is 5.91 Å². The van der Waals surface area contributed by atoms with E-state index >= 15 is 0 Å². The molecule has 5 unspecified atom stereocenters. The molecule has 100 valence electrons. The van der Waals surface area contributed by atoms with Crippen molar-refractivity contribution in [2.24, 2.45) is 23.2 Å². The number of carbonyl (C=O) groups excluding carboxylic acids is 1. The van der Waals surface area contributed by atoms with Gasteiger partial charge in [-0.2, -0.15) is 0 Å². The van der Waals surface area contributed by atoms with Crippen molar-refractivity contribution in [3.8, 4) is 0 Å². The Labute approximate surface area is 106 Å². The van der Waals surface area contributed by atoms with Crippen molar-refractivity contribution < 1.29 is 19.4 Å². The number of hydrogen-bond acceptors (Lipinski definition) is 3. The van der Waals surface area contributed by atoms with Gasteiger partial charge < -0.3 is 15.2 Å². The van der Waals surface area contributed by atoms with Crippen LogP contribution in [0, 0.1) is 23.2 Å². The van der Waals surface area contributed by atoms with Crippen molar-refractivity contribution in [2.75, 3.05) is 6.61 Å². The molecule has 1 amide bonds. The van der Waals surface area contributed by atoms with Crippen LogP contribution in [0.4, 0.5) is 0 Å². The van der Waals surface area contributed by atoms with Crippen molar-refractivity contribution in [3.05, 3.63) is 0 Å². The summed E-state index contributed by atoms with van der Waals surface area (Å²) in [4.78, 5) is 22.7. The molecule has 1 aliphatic heterocycles. The Morgan fingerprint density at radius 3 is 2.67 bits per heavy atom. The maximum Gasteiger partial charge on any atom is 0.307 e. The van der Waals surface area contributed by atoms with Crippen LogP contribution in [0.1, 0.15) is 26.7 Å². The maximum absolute atomic E-state index is 12.0. The average molecular weight is 253 g/mol. The van der Waals surface area contributed by atoms with E-state index in [1.165, 1.54) is 0 Å². The highest BCUT2D eigenvalue weighted by Gasteiger charge is 2.61. The quantitative estimate of drug-likeness (QED) is 0.774. The van der Waals surface area contributed by atoms with Gasteiger partial charge >= 0.3 is 5.97 Å². The number of carbonyl (C=O) groups is 2. The monoisotopic (exact) mass is 253 g/mol. The number of aliphatic carboxylic acids is 1. The second-order valence-corrected chi connectivity index (χ2v) is 6.34. The van der Waals surface area contributed by atoms with Crippen LogP contribution >= 0.6 is 0 Å². The lowest BCUT2D eigenvalue weighted by molar-refractivity contribution is -0.143. The second kappa shape index (κ2) is 3.70. The van der Waals surface area contributed by atoms with Gasteiger partial charge in [-0.25, -0.2) is 0 Å². The van der Waals surface area contributed by atoms with Crippen molar-refractivity contribution in [2.45, 2.75) is 38.8 Å². The lowest BCUT2D eigenvalue weighted by atomic mass is 9.57. The number of nitrogens with one attached hydrogen (secondary N) is 1. The van der Waals surface area contributed by atoms with E-state index in [9.17, 15) is 9.59 Å². The molecule has 0 radical (unpaired) electrons. The van der Waals surface area contributed by atoms with Crippen LogP contribution in [0.25, 0.3) is 0 Å². The van der Waals surface area contributed by atoms with E-state index in [2.05, 4.69) is 19.2 Å². The minimum absolute atomic E-state index is 0.0373. The molecule has 18 heavy (non-hydrogen) atoms. The third kappa shape index (κ3) is 1.56. The Morgan fingerprint density at radius 2 is 2.06 bits per heavy atom. The van der Waals surface area contributed by atoms with Crippen LogP contribution in [0.3, 0.4) is 0 Å². The van der Waals surface area contributed by atoms with Crippen molar-refractivity contribution in [3.63, 3.8) is 0 Å². The molecule has 5 nitrogen and oxygen atoms in total. The summed E-state index contributed by atoms with van der Waals surface area (Å²) in [5, 5.41) is 11.9. The molecule has 5 atom stereocenters. The van der Waals surface area contributed by atoms with E-state index in [4.69, 9.17) is 9.84 Å². The van der Waals surface area contributed by atoms with E-state index in [-0.39, 0.29) is 29.4 Å². The molecule has 3 rings (SSSR count). The van der Waals surface area contributed by atoms with Gasteiger partial charge in [0.25, 0.3) is 0 Å². The van der Waals surface area contributed by atoms with E-state index in [1.807, 2.05) is 0 Å². The first-order valence-corrected chi connectivity index (χ1v) is 6.57. The Hall–Kier alpha value is -1.10. The Bertz CT molecular complexity index is 406. The summed E-state index contributed by atoms with van der Waals surface area (Å²) in [6, 6.07) is 0.132. The Kier molecular flexibility index (Phi) is 2.46. The molecule has 1 saturated heterocycles. The maximum atomic E-state index is 12.0. The fourth-order valence-corrected chi connectivity index (χ4v) is 3.64. The van der Waals surface area contributed by atoms with E-state index < -0.39 is 11.9 Å². The van der Waals surface area contributed by atoms with Crippen molar-refractivity contribution in [1.82, 2.24) is 5.32 Å². The molecular weight excluding hydrogens is 234 g/mol. The molecule has 2 N–H and O–H groups in total. The molecular formula is C13H19NO4. The normalized spacial score (nSPS) is 43.8. The predicted molar refractivity (Wildman–Crippen MR) is 62.8 cm³/mol. The number of amides is 1. The fourth-order valence-electron chi connectivity index (χ4n) is 3.64. The van der Waals surface area contributed by atoms with Gasteiger partial charge in [0.1, 0.15) is 0 Å². The van der Waals surface area contributed by atoms with Gasteiger partial charge in [0, 0.05) is 24.0 Å². The minimum atomic E-state index is -0.856. The van der Waals surface area contributed by atoms with Crippen LogP contribution < -0.4 is 5.32 Å². The van der Waals surface area contributed by atoms with Gasteiger partial charge in [0.15, 0.2) is 0 Å². The van der Waals surface area contributed by atoms with Crippen molar-refractivity contribution >= 4 is 11.9 Å². The van der Waals surface area contributed by atoms with E-state index in [0.717, 1.165) is 13.0 Å². The molecule has 2 aliphatic carbocycles. The molecule has 5 heteroatoms. The number of hydrogen-bond donors (Lipinski definition) is 2. The number of fused-ring (bicyclic) bond motifs is 1.